The lowest BCUT2D eigenvalue weighted by Gasteiger charge is -2.29. The summed E-state index contributed by atoms with van der Waals surface area (Å²) in [5.74, 6) is 0.472. The average molecular weight is 395 g/mol. The summed E-state index contributed by atoms with van der Waals surface area (Å²) in [6.45, 7) is 5.17. The van der Waals surface area contributed by atoms with Gasteiger partial charge in [-0.1, -0.05) is 44.2 Å². The van der Waals surface area contributed by atoms with Crippen LogP contribution in [0.3, 0.4) is 0 Å². The van der Waals surface area contributed by atoms with Crippen LogP contribution in [0.2, 0.25) is 0 Å². The molecule has 0 bridgehead atoms. The van der Waals surface area contributed by atoms with Crippen LogP contribution in [0.15, 0.2) is 42.6 Å². The van der Waals surface area contributed by atoms with Crippen molar-refractivity contribution in [3.8, 4) is 0 Å². The molecule has 1 aromatic carbocycles. The highest BCUT2D eigenvalue weighted by Gasteiger charge is 2.43. The third kappa shape index (κ3) is 4.21. The Morgan fingerprint density at radius 1 is 1.14 bits per heavy atom. The summed E-state index contributed by atoms with van der Waals surface area (Å²) in [5, 5.41) is 7.52. The minimum absolute atomic E-state index is 0.0571. The number of benzene rings is 1. The molecule has 4 rings (SSSR count). The molecule has 1 aromatic heterocycles. The molecule has 1 aliphatic carbocycles. The van der Waals surface area contributed by atoms with Crippen LogP contribution in [-0.4, -0.2) is 45.6 Å². The number of likely N-dealkylation sites (tertiary alicyclic amines) is 1. The first-order chi connectivity index (χ1) is 13.8. The molecule has 2 atom stereocenters. The molecule has 0 radical (unpaired) electrons. The Balaban J connectivity index is 1.51. The summed E-state index contributed by atoms with van der Waals surface area (Å²) in [6, 6.07) is 12.1. The highest BCUT2D eigenvalue weighted by molar-refractivity contribution is 5.84. The second-order valence-corrected chi connectivity index (χ2v) is 9.13. The molecule has 2 amide bonds. The van der Waals surface area contributed by atoms with Gasteiger partial charge in [0.25, 0.3) is 0 Å². The maximum atomic E-state index is 13.4. The maximum absolute atomic E-state index is 13.4. The molecule has 1 N–H and O–H groups in total. The van der Waals surface area contributed by atoms with Crippen LogP contribution in [0.25, 0.3) is 0 Å². The molecule has 0 spiro atoms. The van der Waals surface area contributed by atoms with Gasteiger partial charge in [-0.2, -0.15) is 5.10 Å². The van der Waals surface area contributed by atoms with Crippen molar-refractivity contribution in [2.45, 2.75) is 45.1 Å². The topological polar surface area (TPSA) is 67.2 Å². The second-order valence-electron chi connectivity index (χ2n) is 9.13. The molecule has 2 aliphatic rings. The average Bonchev–Trinajstić information content (AvgIpc) is 3.34. The van der Waals surface area contributed by atoms with E-state index < -0.39 is 5.41 Å². The fourth-order valence-electron chi connectivity index (χ4n) is 4.42. The third-order valence-electron chi connectivity index (χ3n) is 6.19. The van der Waals surface area contributed by atoms with Crippen LogP contribution < -0.4 is 5.32 Å². The lowest BCUT2D eigenvalue weighted by atomic mass is 9.84. The number of nitrogens with one attached hydrogen (secondary N) is 1. The summed E-state index contributed by atoms with van der Waals surface area (Å²) in [7, 11) is 1.92. The Morgan fingerprint density at radius 2 is 1.86 bits per heavy atom. The van der Waals surface area contributed by atoms with E-state index >= 15 is 0 Å². The highest BCUT2D eigenvalue weighted by Crippen LogP contribution is 2.34. The molecule has 2 aromatic rings. The van der Waals surface area contributed by atoms with Crippen molar-refractivity contribution >= 4 is 11.8 Å². The van der Waals surface area contributed by atoms with Gasteiger partial charge in [-0.25, -0.2) is 0 Å². The van der Waals surface area contributed by atoms with Crippen molar-refractivity contribution in [2.24, 2.45) is 18.4 Å². The van der Waals surface area contributed by atoms with Crippen molar-refractivity contribution in [3.63, 3.8) is 0 Å². The summed E-state index contributed by atoms with van der Waals surface area (Å²) in [6.07, 6.45) is 4.42. The zero-order valence-corrected chi connectivity index (χ0v) is 17.5. The fourth-order valence-corrected chi connectivity index (χ4v) is 4.42. The van der Waals surface area contributed by atoms with Crippen molar-refractivity contribution in [1.29, 1.82) is 0 Å². The Morgan fingerprint density at radius 3 is 2.48 bits per heavy atom. The zero-order chi connectivity index (χ0) is 20.6. The molecule has 0 unspecified atom stereocenters. The third-order valence-corrected chi connectivity index (χ3v) is 6.19. The van der Waals surface area contributed by atoms with Crippen molar-refractivity contribution in [3.05, 3.63) is 53.9 Å². The predicted molar refractivity (Wildman–Crippen MR) is 111 cm³/mol. The fraction of sp³-hybridized carbons (Fsp3) is 0.522. The number of hydrogen-bond donors (Lipinski definition) is 1. The molecule has 1 saturated heterocycles. The first-order valence-electron chi connectivity index (χ1n) is 10.5. The maximum Gasteiger partial charge on any atom is 0.228 e. The van der Waals surface area contributed by atoms with E-state index in [2.05, 4.69) is 22.5 Å². The first kappa shape index (κ1) is 19.7. The van der Waals surface area contributed by atoms with Crippen molar-refractivity contribution in [2.75, 3.05) is 13.1 Å². The largest absolute Gasteiger partial charge is 0.351 e. The Hall–Kier alpha value is -2.63. The smallest absolute Gasteiger partial charge is 0.228 e. The minimum atomic E-state index is -0.506. The lowest BCUT2D eigenvalue weighted by molar-refractivity contribution is -0.139. The van der Waals surface area contributed by atoms with Crippen LogP contribution in [-0.2, 0) is 23.1 Å². The van der Waals surface area contributed by atoms with E-state index in [1.807, 2.05) is 54.7 Å². The van der Waals surface area contributed by atoms with Crippen LogP contribution in [0.1, 0.15) is 43.9 Å². The zero-order valence-electron chi connectivity index (χ0n) is 17.5. The van der Waals surface area contributed by atoms with E-state index in [1.54, 1.807) is 6.20 Å². The van der Waals surface area contributed by atoms with Gasteiger partial charge in [0.2, 0.25) is 11.8 Å². The van der Waals surface area contributed by atoms with Gasteiger partial charge in [0, 0.05) is 49.3 Å². The first-order valence-corrected chi connectivity index (χ1v) is 10.5. The highest BCUT2D eigenvalue weighted by atomic mass is 16.2. The van der Waals surface area contributed by atoms with Gasteiger partial charge in [-0.3, -0.25) is 14.3 Å². The SMILES string of the molecule is Cn1nccc1[C@@H]1CN(C(=O)C(C)(C)Cc2ccccc2)C[C@H]1NC(=O)C1CC1. The number of aryl methyl sites for hydroxylation is 1. The van der Waals surface area contributed by atoms with Gasteiger partial charge in [0.1, 0.15) is 0 Å². The quantitative estimate of drug-likeness (QED) is 0.819. The number of rotatable bonds is 6. The molecule has 6 nitrogen and oxygen atoms in total. The number of carbonyl (C=O) groups is 2. The van der Waals surface area contributed by atoms with Gasteiger partial charge in [-0.15, -0.1) is 0 Å². The van der Waals surface area contributed by atoms with Gasteiger partial charge < -0.3 is 10.2 Å². The number of aromatic nitrogens is 2. The van der Waals surface area contributed by atoms with Gasteiger partial charge >= 0.3 is 0 Å². The predicted octanol–water partition coefficient (Wildman–Crippen LogP) is 2.51. The van der Waals surface area contributed by atoms with E-state index in [1.165, 1.54) is 0 Å². The van der Waals surface area contributed by atoms with Gasteiger partial charge in [-0.05, 0) is 30.9 Å². The standard InChI is InChI=1S/C23H30N4O2/c1-23(2,13-16-7-5-4-6-8-16)22(29)27-14-18(20-11-12-24-26(20)3)19(15-27)25-21(28)17-9-10-17/h4-8,11-12,17-19H,9-10,13-15H2,1-3H3,(H,25,28)/t18-,19-/m1/s1. The molecule has 1 saturated carbocycles. The van der Waals surface area contributed by atoms with Gasteiger partial charge in [0.05, 0.1) is 6.04 Å². The van der Waals surface area contributed by atoms with E-state index in [0.717, 1.165) is 24.1 Å². The molecular weight excluding hydrogens is 364 g/mol. The Labute approximate surface area is 172 Å². The van der Waals surface area contributed by atoms with E-state index in [0.29, 0.717) is 19.5 Å². The second kappa shape index (κ2) is 7.65. The summed E-state index contributed by atoms with van der Waals surface area (Å²) < 4.78 is 1.85. The summed E-state index contributed by atoms with van der Waals surface area (Å²) in [4.78, 5) is 27.8. The number of nitrogens with zero attached hydrogens (tertiary/aromatic N) is 3. The molecule has 154 valence electrons. The van der Waals surface area contributed by atoms with E-state index in [9.17, 15) is 9.59 Å². The Kier molecular flexibility index (Phi) is 5.19. The van der Waals surface area contributed by atoms with Crippen molar-refractivity contribution < 1.29 is 9.59 Å². The summed E-state index contributed by atoms with van der Waals surface area (Å²) in [5.41, 5.74) is 1.71. The molecule has 2 fully saturated rings. The van der Waals surface area contributed by atoms with Gasteiger partial charge in [0.15, 0.2) is 0 Å². The number of amides is 2. The van der Waals surface area contributed by atoms with Crippen LogP contribution in [0.5, 0.6) is 0 Å². The molecule has 2 heterocycles. The Bertz CT molecular complexity index is 885. The lowest BCUT2D eigenvalue weighted by Crippen LogP contribution is -2.44. The molecule has 6 heteroatoms. The normalized spacial score (nSPS) is 22.0. The monoisotopic (exact) mass is 394 g/mol. The number of hydrogen-bond acceptors (Lipinski definition) is 3. The van der Waals surface area contributed by atoms with Crippen LogP contribution in [0, 0.1) is 11.3 Å². The minimum Gasteiger partial charge on any atom is -0.351 e. The van der Waals surface area contributed by atoms with Crippen LogP contribution >= 0.6 is 0 Å². The number of carbonyl (C=O) groups excluding carboxylic acids is 2. The van der Waals surface area contributed by atoms with Crippen molar-refractivity contribution in [1.82, 2.24) is 20.0 Å². The van der Waals surface area contributed by atoms with E-state index in [4.69, 9.17) is 0 Å². The van der Waals surface area contributed by atoms with E-state index in [-0.39, 0.29) is 29.7 Å². The molecular formula is C23H30N4O2. The molecule has 29 heavy (non-hydrogen) atoms. The molecule has 1 aliphatic heterocycles. The van der Waals surface area contributed by atoms with Crippen LogP contribution in [0.4, 0.5) is 0 Å². The summed E-state index contributed by atoms with van der Waals surface area (Å²) >= 11 is 0.